The van der Waals surface area contributed by atoms with Gasteiger partial charge in [-0.3, -0.25) is 19.1 Å². The minimum Gasteiger partial charge on any atom is -0.493 e. The van der Waals surface area contributed by atoms with Crippen LogP contribution in [0, 0.1) is 11.3 Å². The molecule has 338 valence electrons. The van der Waals surface area contributed by atoms with Gasteiger partial charge in [-0.05, 0) is 102 Å². The number of ether oxygens (including phenoxy) is 3. The highest BCUT2D eigenvalue weighted by Crippen LogP contribution is 2.54. The van der Waals surface area contributed by atoms with E-state index >= 15 is 0 Å². The molecule has 12 heteroatoms. The first-order chi connectivity index (χ1) is 29.4. The molecule has 0 spiro atoms. The molecule has 3 heterocycles. The largest absolute Gasteiger partial charge is 0.493 e. The van der Waals surface area contributed by atoms with E-state index in [1.54, 1.807) is 39.0 Å². The molecule has 1 fully saturated rings. The zero-order chi connectivity index (χ0) is 45.7. The molecule has 1 aliphatic heterocycles. The number of rotatable bonds is 10. The Morgan fingerprint density at radius 3 is 2.21 bits per heavy atom. The van der Waals surface area contributed by atoms with Crippen LogP contribution in [0.5, 0.6) is 11.5 Å². The summed E-state index contributed by atoms with van der Waals surface area (Å²) in [4.78, 5) is 46.2. The maximum absolute atomic E-state index is 14.3. The molecule has 0 N–H and O–H groups in total. The molecule has 2 unspecified atom stereocenters. The molecule has 0 bridgehead atoms. The zero-order valence-electron chi connectivity index (χ0n) is 39.9. The van der Waals surface area contributed by atoms with Crippen molar-refractivity contribution in [2.45, 2.75) is 155 Å². The lowest BCUT2D eigenvalue weighted by atomic mass is 9.93. The summed E-state index contributed by atoms with van der Waals surface area (Å²) in [6, 6.07) is 9.27. The molecule has 1 amide bonds. The number of Topliss-reactive ketones (excluding diaryl/α,β-unsaturated/α-hetero) is 1. The Bertz CT molecular complexity index is 1940. The van der Waals surface area contributed by atoms with E-state index in [2.05, 4.69) is 55.1 Å². The summed E-state index contributed by atoms with van der Waals surface area (Å²) < 4.78 is 21.1. The van der Waals surface area contributed by atoms with E-state index in [4.69, 9.17) is 14.2 Å². The van der Waals surface area contributed by atoms with Gasteiger partial charge in [-0.2, -0.15) is 5.10 Å². The van der Waals surface area contributed by atoms with Gasteiger partial charge in [0.1, 0.15) is 24.4 Å². The number of nitrogens with zero attached hydrogens (tertiary/aromatic N) is 6. The number of ketones is 1. The van der Waals surface area contributed by atoms with Crippen molar-refractivity contribution in [2.75, 3.05) is 26.3 Å². The van der Waals surface area contributed by atoms with Crippen molar-refractivity contribution in [3.8, 4) is 34.0 Å². The molecule has 1 saturated carbocycles. The normalized spacial score (nSPS) is 15.8. The van der Waals surface area contributed by atoms with Gasteiger partial charge in [0.05, 0.1) is 30.3 Å². The third-order valence-electron chi connectivity index (χ3n) is 9.77. The Morgan fingerprint density at radius 2 is 1.61 bits per heavy atom. The maximum Gasteiger partial charge on any atom is 0.313 e. The quantitative estimate of drug-likeness (QED) is 0.143. The lowest BCUT2D eigenvalue weighted by Gasteiger charge is -2.24. The van der Waals surface area contributed by atoms with Crippen LogP contribution in [-0.2, 0) is 22.8 Å². The molecule has 4 aromatic rings. The number of fused-ring (bicyclic) bond motifs is 1. The van der Waals surface area contributed by atoms with Gasteiger partial charge in [0.2, 0.25) is 0 Å². The highest BCUT2D eigenvalue weighted by molar-refractivity contribution is 6.00. The standard InChI is InChI=1S/C40H50N6O6.C3H8.3C2H6/c1-7-26-18-30(26)31-20-28(21-35(50-9-3)36(31)29-22-42-45(8-2)23-29)38(48)44-15-11-10-12-33(47)32-19-27(13-14-34(32)51-17-16-44)37-41-24-46(43-37)25-52-39(49)40(4,5)6;1-3-2;3*1-2/h13-14,19-24,26,30H,7-12,15-18,25H2,1-6H3;3H2,1-2H3;3*1-2H3. The molecular weight excluding hydrogens is 769 g/mol. The monoisotopic (exact) mass is 845 g/mol. The Labute approximate surface area is 366 Å². The fourth-order valence-electron chi connectivity index (χ4n) is 6.71. The highest BCUT2D eigenvalue weighted by Gasteiger charge is 2.40. The second-order valence-electron chi connectivity index (χ2n) is 15.3. The second kappa shape index (κ2) is 26.4. The Kier molecular flexibility index (Phi) is 22.5. The number of aryl methyl sites for hydroxylation is 1. The molecule has 0 radical (unpaired) electrons. The van der Waals surface area contributed by atoms with Crippen molar-refractivity contribution in [1.29, 1.82) is 0 Å². The van der Waals surface area contributed by atoms with Crippen LogP contribution in [0.25, 0.3) is 22.5 Å². The fraction of sp³-hybridized carbons (Fsp3) is 0.592. The Balaban J connectivity index is 0.00000133. The van der Waals surface area contributed by atoms with E-state index in [9.17, 15) is 14.4 Å². The Hall–Kier alpha value is -5.00. The van der Waals surface area contributed by atoms with E-state index in [0.29, 0.717) is 84.8 Å². The second-order valence-corrected chi connectivity index (χ2v) is 15.3. The van der Waals surface area contributed by atoms with Gasteiger partial charge in [-0.1, -0.05) is 75.2 Å². The molecule has 0 saturated heterocycles. The summed E-state index contributed by atoms with van der Waals surface area (Å²) in [5, 5.41) is 8.99. The van der Waals surface area contributed by atoms with Crippen LogP contribution in [0.4, 0.5) is 0 Å². The molecule has 1 aliphatic carbocycles. The number of carbonyl (C=O) groups is 3. The summed E-state index contributed by atoms with van der Waals surface area (Å²) in [6.45, 7) is 30.1. The summed E-state index contributed by atoms with van der Waals surface area (Å²) >= 11 is 0. The van der Waals surface area contributed by atoms with Crippen molar-refractivity contribution < 1.29 is 28.6 Å². The minimum atomic E-state index is -0.628. The van der Waals surface area contributed by atoms with Gasteiger partial charge in [0.15, 0.2) is 18.3 Å². The van der Waals surface area contributed by atoms with Crippen LogP contribution >= 0.6 is 0 Å². The molecule has 61 heavy (non-hydrogen) atoms. The van der Waals surface area contributed by atoms with Gasteiger partial charge in [0, 0.05) is 48.0 Å². The number of hydrogen-bond donors (Lipinski definition) is 0. The molecule has 2 aromatic heterocycles. The predicted octanol–water partition coefficient (Wildman–Crippen LogP) is 11.7. The van der Waals surface area contributed by atoms with Gasteiger partial charge in [0.25, 0.3) is 5.91 Å². The fourth-order valence-corrected chi connectivity index (χ4v) is 6.71. The smallest absolute Gasteiger partial charge is 0.313 e. The summed E-state index contributed by atoms with van der Waals surface area (Å²) in [6.07, 6.45) is 10.5. The number of aromatic nitrogens is 5. The maximum atomic E-state index is 14.3. The highest BCUT2D eigenvalue weighted by atomic mass is 16.5. The first kappa shape index (κ1) is 52.1. The van der Waals surface area contributed by atoms with E-state index in [1.807, 2.05) is 70.3 Å². The van der Waals surface area contributed by atoms with E-state index in [0.717, 1.165) is 36.1 Å². The first-order valence-electron chi connectivity index (χ1n) is 22.9. The van der Waals surface area contributed by atoms with Gasteiger partial charge in [-0.25, -0.2) is 9.67 Å². The molecular formula is C49H76N6O6. The molecule has 2 atom stereocenters. The topological polar surface area (TPSA) is 131 Å². The Morgan fingerprint density at radius 1 is 0.902 bits per heavy atom. The average Bonchev–Trinajstić information content (AvgIpc) is 3.65. The van der Waals surface area contributed by atoms with Gasteiger partial charge < -0.3 is 19.1 Å². The minimum absolute atomic E-state index is 0.0435. The lowest BCUT2D eigenvalue weighted by molar-refractivity contribution is -0.157. The lowest BCUT2D eigenvalue weighted by Crippen LogP contribution is -2.35. The third-order valence-corrected chi connectivity index (χ3v) is 9.77. The van der Waals surface area contributed by atoms with Crippen LogP contribution in [0.15, 0.2) is 49.1 Å². The SMILES string of the molecule is CC.CC.CC.CCC.CCOc1cc(C(=O)N2CCCCC(=O)c3cc(-c4ncn(COC(=O)C(C)(C)C)n4)ccc3OCC2)cc(C2CC2CC)c1-c1cnn(CC)c1. The number of esters is 1. The van der Waals surface area contributed by atoms with E-state index in [1.165, 1.54) is 17.4 Å². The van der Waals surface area contributed by atoms with Crippen LogP contribution in [0.3, 0.4) is 0 Å². The van der Waals surface area contributed by atoms with Crippen molar-refractivity contribution in [3.63, 3.8) is 0 Å². The van der Waals surface area contributed by atoms with Crippen LogP contribution in [-0.4, -0.2) is 73.4 Å². The van der Waals surface area contributed by atoms with Gasteiger partial charge >= 0.3 is 5.97 Å². The summed E-state index contributed by atoms with van der Waals surface area (Å²) in [7, 11) is 0. The van der Waals surface area contributed by atoms with Crippen LogP contribution in [0.1, 0.15) is 168 Å². The van der Waals surface area contributed by atoms with Crippen molar-refractivity contribution in [1.82, 2.24) is 29.4 Å². The first-order valence-corrected chi connectivity index (χ1v) is 22.9. The van der Waals surface area contributed by atoms with Crippen molar-refractivity contribution in [2.24, 2.45) is 11.3 Å². The van der Waals surface area contributed by atoms with Crippen LogP contribution < -0.4 is 9.47 Å². The summed E-state index contributed by atoms with van der Waals surface area (Å²) in [5.74, 6) is 2.05. The average molecular weight is 845 g/mol. The van der Waals surface area contributed by atoms with Crippen molar-refractivity contribution >= 4 is 17.7 Å². The molecule has 2 aliphatic rings. The zero-order valence-corrected chi connectivity index (χ0v) is 39.9. The number of carbonyl (C=O) groups excluding carboxylic acids is 3. The van der Waals surface area contributed by atoms with Crippen LogP contribution in [0.2, 0.25) is 0 Å². The number of amides is 1. The number of benzene rings is 2. The van der Waals surface area contributed by atoms with Gasteiger partial charge in [-0.15, -0.1) is 5.10 Å². The third kappa shape index (κ3) is 14.6. The summed E-state index contributed by atoms with van der Waals surface area (Å²) in [5.41, 5.74) is 4.25. The number of hydrogen-bond acceptors (Lipinski definition) is 9. The van der Waals surface area contributed by atoms with Crippen molar-refractivity contribution in [3.05, 3.63) is 65.7 Å². The molecule has 12 nitrogen and oxygen atoms in total. The predicted molar refractivity (Wildman–Crippen MR) is 246 cm³/mol. The molecule has 2 aromatic carbocycles. The van der Waals surface area contributed by atoms with E-state index < -0.39 is 5.41 Å². The van der Waals surface area contributed by atoms with E-state index in [-0.39, 0.29) is 31.0 Å². The molecule has 6 rings (SSSR count).